The number of aryl methyl sites for hydroxylation is 1. The standard InChI is InChI=1S/C14H17NO3/c1-14(2,13(16)17)11-8-15(3)12-7-9(18-4)5-6-10(11)12/h5-8H,1-4H3,(H,16,17). The third kappa shape index (κ3) is 1.74. The van der Waals surface area contributed by atoms with Crippen molar-refractivity contribution in [2.24, 2.45) is 7.05 Å². The van der Waals surface area contributed by atoms with Gasteiger partial charge in [0.2, 0.25) is 0 Å². The van der Waals surface area contributed by atoms with Gasteiger partial charge < -0.3 is 14.4 Å². The average molecular weight is 247 g/mol. The number of benzene rings is 1. The quantitative estimate of drug-likeness (QED) is 0.906. The Labute approximate surface area is 106 Å². The number of fused-ring (bicyclic) bond motifs is 1. The van der Waals surface area contributed by atoms with E-state index in [-0.39, 0.29) is 0 Å². The van der Waals surface area contributed by atoms with Gasteiger partial charge >= 0.3 is 5.97 Å². The first-order chi connectivity index (χ1) is 8.37. The second kappa shape index (κ2) is 4.05. The van der Waals surface area contributed by atoms with Crippen LogP contribution in [0.2, 0.25) is 0 Å². The molecule has 2 aromatic rings. The zero-order valence-electron chi connectivity index (χ0n) is 11.0. The Morgan fingerprint density at radius 1 is 1.39 bits per heavy atom. The average Bonchev–Trinajstić information content (AvgIpc) is 2.66. The first-order valence-electron chi connectivity index (χ1n) is 5.75. The van der Waals surface area contributed by atoms with E-state index in [1.54, 1.807) is 21.0 Å². The van der Waals surface area contributed by atoms with Crippen molar-refractivity contribution in [1.82, 2.24) is 4.57 Å². The lowest BCUT2D eigenvalue weighted by Crippen LogP contribution is -2.28. The number of aromatic nitrogens is 1. The van der Waals surface area contributed by atoms with Crippen molar-refractivity contribution in [2.45, 2.75) is 19.3 Å². The molecule has 0 spiro atoms. The Bertz CT molecular complexity index is 611. The van der Waals surface area contributed by atoms with Crippen molar-refractivity contribution < 1.29 is 14.6 Å². The molecule has 0 radical (unpaired) electrons. The molecule has 1 aromatic heterocycles. The number of ether oxygens (including phenoxy) is 1. The normalized spacial score (nSPS) is 11.8. The molecule has 0 aliphatic rings. The van der Waals surface area contributed by atoms with Crippen molar-refractivity contribution in [3.05, 3.63) is 30.0 Å². The maximum Gasteiger partial charge on any atom is 0.313 e. The number of carbonyl (C=O) groups is 1. The fraction of sp³-hybridized carbons (Fsp3) is 0.357. The van der Waals surface area contributed by atoms with E-state index in [9.17, 15) is 9.90 Å². The van der Waals surface area contributed by atoms with Crippen LogP contribution >= 0.6 is 0 Å². The molecule has 0 aliphatic carbocycles. The highest BCUT2D eigenvalue weighted by Crippen LogP contribution is 2.33. The van der Waals surface area contributed by atoms with E-state index in [4.69, 9.17) is 4.74 Å². The Balaban J connectivity index is 2.71. The molecule has 0 unspecified atom stereocenters. The molecule has 1 aromatic carbocycles. The van der Waals surface area contributed by atoms with Crippen LogP contribution in [-0.4, -0.2) is 22.8 Å². The molecule has 1 N–H and O–H groups in total. The van der Waals surface area contributed by atoms with E-state index >= 15 is 0 Å². The van der Waals surface area contributed by atoms with E-state index in [0.717, 1.165) is 22.2 Å². The maximum absolute atomic E-state index is 11.4. The van der Waals surface area contributed by atoms with Crippen LogP contribution < -0.4 is 4.74 Å². The lowest BCUT2D eigenvalue weighted by molar-refractivity contribution is -0.142. The molecule has 0 saturated heterocycles. The predicted molar refractivity (Wildman–Crippen MR) is 70.1 cm³/mol. The fourth-order valence-electron chi connectivity index (χ4n) is 2.10. The number of rotatable bonds is 3. The molecule has 2 rings (SSSR count). The molecule has 1 heterocycles. The van der Waals surface area contributed by atoms with E-state index in [0.29, 0.717) is 0 Å². The first kappa shape index (κ1) is 12.5. The molecular weight excluding hydrogens is 230 g/mol. The van der Waals surface area contributed by atoms with Gasteiger partial charge in [0.25, 0.3) is 0 Å². The van der Waals surface area contributed by atoms with Gasteiger partial charge in [-0.05, 0) is 31.5 Å². The molecule has 0 amide bonds. The summed E-state index contributed by atoms with van der Waals surface area (Å²) in [7, 11) is 3.52. The largest absolute Gasteiger partial charge is 0.497 e. The van der Waals surface area contributed by atoms with E-state index in [2.05, 4.69) is 0 Å². The number of hydrogen-bond donors (Lipinski definition) is 1. The van der Waals surface area contributed by atoms with Gasteiger partial charge in [0.1, 0.15) is 5.75 Å². The van der Waals surface area contributed by atoms with Crippen LogP contribution in [0, 0.1) is 0 Å². The lowest BCUT2D eigenvalue weighted by atomic mass is 9.84. The van der Waals surface area contributed by atoms with Crippen molar-refractivity contribution >= 4 is 16.9 Å². The molecule has 0 atom stereocenters. The van der Waals surface area contributed by atoms with E-state index < -0.39 is 11.4 Å². The highest BCUT2D eigenvalue weighted by molar-refractivity contribution is 5.92. The summed E-state index contributed by atoms with van der Waals surface area (Å²) in [4.78, 5) is 11.4. The zero-order valence-corrected chi connectivity index (χ0v) is 11.0. The second-order valence-electron chi connectivity index (χ2n) is 4.97. The lowest BCUT2D eigenvalue weighted by Gasteiger charge is -2.18. The molecule has 4 heteroatoms. The van der Waals surface area contributed by atoms with Gasteiger partial charge in [-0.2, -0.15) is 0 Å². The van der Waals surface area contributed by atoms with Gasteiger partial charge in [0, 0.05) is 24.7 Å². The van der Waals surface area contributed by atoms with Crippen LogP contribution in [0.5, 0.6) is 5.75 Å². The summed E-state index contributed by atoms with van der Waals surface area (Å²) in [6.45, 7) is 3.43. The minimum Gasteiger partial charge on any atom is -0.497 e. The number of methoxy groups -OCH3 is 1. The van der Waals surface area contributed by atoms with Crippen LogP contribution in [0.15, 0.2) is 24.4 Å². The topological polar surface area (TPSA) is 51.5 Å². The van der Waals surface area contributed by atoms with Gasteiger partial charge in [-0.1, -0.05) is 0 Å². The van der Waals surface area contributed by atoms with Crippen molar-refractivity contribution in [2.75, 3.05) is 7.11 Å². The molecular formula is C14H17NO3. The summed E-state index contributed by atoms with van der Waals surface area (Å²) in [5, 5.41) is 10.3. The Hall–Kier alpha value is -1.97. The minimum absolute atomic E-state index is 0.767. The summed E-state index contributed by atoms with van der Waals surface area (Å²) in [5.74, 6) is -0.0609. The number of aliphatic carboxylic acids is 1. The van der Waals surface area contributed by atoms with Crippen molar-refractivity contribution in [1.29, 1.82) is 0 Å². The highest BCUT2D eigenvalue weighted by atomic mass is 16.5. The summed E-state index contributed by atoms with van der Waals surface area (Å²) in [5.41, 5.74) is 0.877. The smallest absolute Gasteiger partial charge is 0.313 e. The third-order valence-corrected chi connectivity index (χ3v) is 3.41. The molecule has 0 aliphatic heterocycles. The SMILES string of the molecule is COc1ccc2c(C(C)(C)C(=O)O)cn(C)c2c1. The summed E-state index contributed by atoms with van der Waals surface area (Å²) in [6, 6.07) is 5.68. The second-order valence-corrected chi connectivity index (χ2v) is 4.97. The van der Waals surface area contributed by atoms with E-state index in [1.807, 2.05) is 36.0 Å². The van der Waals surface area contributed by atoms with Crippen LogP contribution in [0.3, 0.4) is 0 Å². The third-order valence-electron chi connectivity index (χ3n) is 3.41. The zero-order chi connectivity index (χ0) is 13.5. The molecule has 4 nitrogen and oxygen atoms in total. The van der Waals surface area contributed by atoms with Crippen LogP contribution in [0.4, 0.5) is 0 Å². The van der Waals surface area contributed by atoms with Crippen molar-refractivity contribution in [3.63, 3.8) is 0 Å². The number of carboxylic acid groups (broad SMARTS) is 1. The molecule has 18 heavy (non-hydrogen) atoms. The Morgan fingerprint density at radius 2 is 2.06 bits per heavy atom. The first-order valence-corrected chi connectivity index (χ1v) is 5.75. The summed E-state index contributed by atoms with van der Waals surface area (Å²) in [6.07, 6.45) is 1.87. The Kier molecular flexibility index (Phi) is 2.81. The number of carboxylic acids is 1. The van der Waals surface area contributed by atoms with E-state index in [1.165, 1.54) is 0 Å². The monoisotopic (exact) mass is 247 g/mol. The highest BCUT2D eigenvalue weighted by Gasteiger charge is 2.32. The van der Waals surface area contributed by atoms with Crippen molar-refractivity contribution in [3.8, 4) is 5.75 Å². The molecule has 0 fully saturated rings. The predicted octanol–water partition coefficient (Wildman–Crippen LogP) is 2.55. The number of nitrogens with zero attached hydrogens (tertiary/aromatic N) is 1. The van der Waals surface area contributed by atoms with Gasteiger partial charge in [0.15, 0.2) is 0 Å². The minimum atomic E-state index is -0.909. The molecule has 96 valence electrons. The van der Waals surface area contributed by atoms with Gasteiger partial charge in [-0.25, -0.2) is 0 Å². The van der Waals surface area contributed by atoms with Crippen LogP contribution in [0.25, 0.3) is 10.9 Å². The van der Waals surface area contributed by atoms with Gasteiger partial charge in [0.05, 0.1) is 18.0 Å². The molecule has 0 bridgehead atoms. The summed E-state index contributed by atoms with van der Waals surface area (Å²) >= 11 is 0. The van der Waals surface area contributed by atoms with Crippen LogP contribution in [-0.2, 0) is 17.3 Å². The van der Waals surface area contributed by atoms with Crippen LogP contribution in [0.1, 0.15) is 19.4 Å². The Morgan fingerprint density at radius 3 is 2.61 bits per heavy atom. The maximum atomic E-state index is 11.4. The van der Waals surface area contributed by atoms with Gasteiger partial charge in [-0.3, -0.25) is 4.79 Å². The number of hydrogen-bond acceptors (Lipinski definition) is 2. The molecule has 0 saturated carbocycles. The fourth-order valence-corrected chi connectivity index (χ4v) is 2.10. The van der Waals surface area contributed by atoms with Gasteiger partial charge in [-0.15, -0.1) is 0 Å². The summed E-state index contributed by atoms with van der Waals surface area (Å²) < 4.78 is 7.12.